The Labute approximate surface area is 75.4 Å². The predicted octanol–water partition coefficient (Wildman–Crippen LogP) is 2.89. The summed E-state index contributed by atoms with van der Waals surface area (Å²) in [6, 6.07) is 0. The van der Waals surface area contributed by atoms with Crippen LogP contribution >= 0.6 is 0 Å². The first-order valence-corrected chi connectivity index (χ1v) is 4.53. The maximum Gasteiger partial charge on any atom is 0.373 e. The van der Waals surface area contributed by atoms with E-state index in [0.717, 1.165) is 11.8 Å². The van der Waals surface area contributed by atoms with Gasteiger partial charge in [0.05, 0.1) is 0 Å². The molecule has 0 saturated heterocycles. The molecular formula is C10H20O2. The molecule has 0 unspecified atom stereocenters. The van der Waals surface area contributed by atoms with E-state index in [2.05, 4.69) is 27.7 Å². The molecule has 0 heterocycles. The van der Waals surface area contributed by atoms with Crippen LogP contribution in [0.15, 0.2) is 0 Å². The van der Waals surface area contributed by atoms with E-state index in [9.17, 15) is 0 Å². The summed E-state index contributed by atoms with van der Waals surface area (Å²) in [6.45, 7) is 9.17. The molecule has 0 rings (SSSR count). The minimum absolute atomic E-state index is 0.250. The van der Waals surface area contributed by atoms with E-state index in [1.807, 2.05) is 0 Å². The number of rotatable bonds is 4. The molecule has 0 aliphatic rings. The Morgan fingerprint density at radius 3 is 1.33 bits per heavy atom. The van der Waals surface area contributed by atoms with Gasteiger partial charge in [-0.2, -0.15) is 9.59 Å². The Balaban J connectivity index is 0. The van der Waals surface area contributed by atoms with Crippen molar-refractivity contribution in [1.29, 1.82) is 0 Å². The summed E-state index contributed by atoms with van der Waals surface area (Å²) in [5, 5.41) is 0. The Hall–Kier alpha value is -0.620. The van der Waals surface area contributed by atoms with Gasteiger partial charge in [-0.1, -0.05) is 47.0 Å². The minimum Gasteiger partial charge on any atom is -0.186 e. The summed E-state index contributed by atoms with van der Waals surface area (Å²) in [5.41, 5.74) is 0. The SMILES string of the molecule is CC(C)CCCC(C)C.O=C=O. The molecular weight excluding hydrogens is 152 g/mol. The van der Waals surface area contributed by atoms with E-state index in [4.69, 9.17) is 9.59 Å². The quantitative estimate of drug-likeness (QED) is 0.653. The van der Waals surface area contributed by atoms with Crippen molar-refractivity contribution in [1.82, 2.24) is 0 Å². The van der Waals surface area contributed by atoms with Gasteiger partial charge in [0.1, 0.15) is 0 Å². The second kappa shape index (κ2) is 10.4. The van der Waals surface area contributed by atoms with Gasteiger partial charge in [-0.15, -0.1) is 0 Å². The van der Waals surface area contributed by atoms with Gasteiger partial charge in [-0.3, -0.25) is 0 Å². The molecule has 0 bridgehead atoms. The van der Waals surface area contributed by atoms with Gasteiger partial charge in [0.15, 0.2) is 0 Å². The standard InChI is InChI=1S/C9H20.CO2/c1-8(2)6-5-7-9(3)4;2-1-3/h8-9H,5-7H2,1-4H3;. The van der Waals surface area contributed by atoms with Gasteiger partial charge in [0, 0.05) is 0 Å². The Kier molecular flexibility index (Phi) is 12.1. The van der Waals surface area contributed by atoms with E-state index < -0.39 is 0 Å². The van der Waals surface area contributed by atoms with Gasteiger partial charge < -0.3 is 0 Å². The molecule has 0 radical (unpaired) electrons. The molecule has 0 N–H and O–H groups in total. The van der Waals surface area contributed by atoms with Gasteiger partial charge in [0.2, 0.25) is 0 Å². The second-order valence-electron chi connectivity index (χ2n) is 3.80. The van der Waals surface area contributed by atoms with Crippen LogP contribution in [0, 0.1) is 11.8 Å². The van der Waals surface area contributed by atoms with E-state index in [0.29, 0.717) is 0 Å². The van der Waals surface area contributed by atoms with E-state index in [-0.39, 0.29) is 6.15 Å². The van der Waals surface area contributed by atoms with E-state index >= 15 is 0 Å². The summed E-state index contributed by atoms with van der Waals surface area (Å²) in [5.74, 6) is 1.78. The van der Waals surface area contributed by atoms with Crippen molar-refractivity contribution in [2.45, 2.75) is 47.0 Å². The highest BCUT2D eigenvalue weighted by atomic mass is 16.2. The Morgan fingerprint density at radius 2 is 1.17 bits per heavy atom. The smallest absolute Gasteiger partial charge is 0.186 e. The van der Waals surface area contributed by atoms with Crippen LogP contribution in [0.1, 0.15) is 47.0 Å². The van der Waals surface area contributed by atoms with Crippen LogP contribution in [0.4, 0.5) is 0 Å². The number of hydrogen-bond acceptors (Lipinski definition) is 2. The van der Waals surface area contributed by atoms with Crippen molar-refractivity contribution in [3.05, 3.63) is 0 Å². The van der Waals surface area contributed by atoms with Crippen LogP contribution in [0.25, 0.3) is 0 Å². The fourth-order valence-corrected chi connectivity index (χ4v) is 0.934. The molecule has 0 aromatic heterocycles. The first-order chi connectivity index (χ1) is 5.54. The van der Waals surface area contributed by atoms with Crippen LogP contribution in [0.3, 0.4) is 0 Å². The summed E-state index contributed by atoms with van der Waals surface area (Å²) >= 11 is 0. The molecule has 0 amide bonds. The zero-order valence-electron chi connectivity index (χ0n) is 8.59. The highest BCUT2D eigenvalue weighted by molar-refractivity contribution is 5.20. The third kappa shape index (κ3) is 22.8. The number of carbonyl (C=O) groups excluding carboxylic acids is 2. The first-order valence-electron chi connectivity index (χ1n) is 4.53. The Morgan fingerprint density at radius 1 is 0.917 bits per heavy atom. The molecule has 2 nitrogen and oxygen atoms in total. The van der Waals surface area contributed by atoms with Gasteiger partial charge >= 0.3 is 6.15 Å². The molecule has 0 fully saturated rings. The monoisotopic (exact) mass is 172 g/mol. The second-order valence-corrected chi connectivity index (χ2v) is 3.80. The molecule has 0 aliphatic carbocycles. The average molecular weight is 172 g/mol. The van der Waals surface area contributed by atoms with Crippen molar-refractivity contribution in [3.63, 3.8) is 0 Å². The van der Waals surface area contributed by atoms with Gasteiger partial charge in [-0.05, 0) is 11.8 Å². The van der Waals surface area contributed by atoms with Crippen LogP contribution in [0.5, 0.6) is 0 Å². The number of hydrogen-bond donors (Lipinski definition) is 0. The summed E-state index contributed by atoms with van der Waals surface area (Å²) in [7, 11) is 0. The van der Waals surface area contributed by atoms with Crippen molar-refractivity contribution in [3.8, 4) is 0 Å². The largest absolute Gasteiger partial charge is 0.373 e. The lowest BCUT2D eigenvalue weighted by molar-refractivity contribution is -0.191. The maximum atomic E-state index is 8.12. The highest BCUT2D eigenvalue weighted by Gasteiger charge is 1.95. The van der Waals surface area contributed by atoms with Crippen molar-refractivity contribution >= 4 is 6.15 Å². The third-order valence-corrected chi connectivity index (χ3v) is 1.56. The fourth-order valence-electron chi connectivity index (χ4n) is 0.934. The molecule has 0 aromatic carbocycles. The molecule has 0 aliphatic heterocycles. The topological polar surface area (TPSA) is 34.1 Å². The van der Waals surface area contributed by atoms with Crippen LogP contribution in [-0.4, -0.2) is 6.15 Å². The van der Waals surface area contributed by atoms with Gasteiger partial charge in [0.25, 0.3) is 0 Å². The Bertz CT molecular complexity index is 103. The minimum atomic E-state index is 0.250. The first kappa shape index (κ1) is 13.9. The zero-order valence-corrected chi connectivity index (χ0v) is 8.59. The van der Waals surface area contributed by atoms with Crippen LogP contribution in [-0.2, 0) is 9.59 Å². The van der Waals surface area contributed by atoms with E-state index in [1.54, 1.807) is 0 Å². The highest BCUT2D eigenvalue weighted by Crippen LogP contribution is 2.10. The predicted molar refractivity (Wildman–Crippen MR) is 48.5 cm³/mol. The third-order valence-electron chi connectivity index (χ3n) is 1.56. The molecule has 0 spiro atoms. The lowest BCUT2D eigenvalue weighted by Crippen LogP contribution is -1.90. The summed E-state index contributed by atoms with van der Waals surface area (Å²) < 4.78 is 0. The summed E-state index contributed by atoms with van der Waals surface area (Å²) in [4.78, 5) is 16.2. The molecule has 12 heavy (non-hydrogen) atoms. The molecule has 0 aromatic rings. The molecule has 0 atom stereocenters. The van der Waals surface area contributed by atoms with Crippen LogP contribution < -0.4 is 0 Å². The van der Waals surface area contributed by atoms with Crippen molar-refractivity contribution in [2.24, 2.45) is 11.8 Å². The van der Waals surface area contributed by atoms with Crippen LogP contribution in [0.2, 0.25) is 0 Å². The zero-order chi connectivity index (χ0) is 9.98. The lowest BCUT2D eigenvalue weighted by atomic mass is 10.0. The van der Waals surface area contributed by atoms with Crippen molar-refractivity contribution < 1.29 is 9.59 Å². The van der Waals surface area contributed by atoms with E-state index in [1.165, 1.54) is 19.3 Å². The average Bonchev–Trinajstić information content (AvgIpc) is 1.87. The lowest BCUT2D eigenvalue weighted by Gasteiger charge is -2.05. The van der Waals surface area contributed by atoms with Gasteiger partial charge in [-0.25, -0.2) is 0 Å². The fraction of sp³-hybridized carbons (Fsp3) is 0.900. The molecule has 2 heteroatoms. The molecule has 72 valence electrons. The maximum absolute atomic E-state index is 8.12. The molecule has 0 saturated carbocycles. The normalized spacial score (nSPS) is 9.17. The van der Waals surface area contributed by atoms with Crippen molar-refractivity contribution in [2.75, 3.05) is 0 Å². The summed E-state index contributed by atoms with van der Waals surface area (Å²) in [6.07, 6.45) is 4.46.